The lowest BCUT2D eigenvalue weighted by molar-refractivity contribution is 0.0688. The van der Waals surface area contributed by atoms with Gasteiger partial charge in [-0.05, 0) is 42.0 Å². The fourth-order valence-electron chi connectivity index (χ4n) is 5.87. The number of hydrogen-bond acceptors (Lipinski definition) is 9. The summed E-state index contributed by atoms with van der Waals surface area (Å²) in [5.74, 6) is -10.9. The summed E-state index contributed by atoms with van der Waals surface area (Å²) in [6.45, 7) is 0. The first-order valence-electron chi connectivity index (χ1n) is 16.7. The van der Waals surface area contributed by atoms with Gasteiger partial charge in [-0.3, -0.25) is 9.59 Å². The first-order valence-corrected chi connectivity index (χ1v) is 18.5. The molecule has 0 aliphatic carbocycles. The lowest BCUT2D eigenvalue weighted by Crippen LogP contribution is -2.13. The minimum atomic E-state index is -1.65. The Balaban J connectivity index is 0.000000179. The number of furan rings is 2. The van der Waals surface area contributed by atoms with E-state index in [0.29, 0.717) is 34.1 Å². The Bertz CT molecular complexity index is 2860. The molecule has 0 bridgehead atoms. The summed E-state index contributed by atoms with van der Waals surface area (Å²) in [4.78, 5) is 48.6. The van der Waals surface area contributed by atoms with Crippen LogP contribution in [0.5, 0.6) is 5.75 Å². The summed E-state index contributed by atoms with van der Waals surface area (Å²) in [6.07, 6.45) is 0. The summed E-state index contributed by atoms with van der Waals surface area (Å²) >= 11 is 1.69. The molecule has 11 nitrogen and oxygen atoms in total. The van der Waals surface area contributed by atoms with Crippen LogP contribution >= 0.6 is 22.7 Å². The van der Waals surface area contributed by atoms with Gasteiger partial charge in [-0.15, -0.1) is 22.7 Å². The molecule has 0 aliphatic heterocycles. The number of methoxy groups -OCH3 is 1. The van der Waals surface area contributed by atoms with Gasteiger partial charge in [-0.25, -0.2) is 31.5 Å². The number of benzene rings is 4. The highest BCUT2D eigenvalue weighted by molar-refractivity contribution is 7.15. The van der Waals surface area contributed by atoms with Gasteiger partial charge in [-0.1, -0.05) is 36.4 Å². The molecule has 8 rings (SSSR count). The van der Waals surface area contributed by atoms with Crippen LogP contribution in [0.2, 0.25) is 0 Å². The highest BCUT2D eigenvalue weighted by Crippen LogP contribution is 2.40. The van der Waals surface area contributed by atoms with Crippen molar-refractivity contribution in [3.05, 3.63) is 147 Å². The van der Waals surface area contributed by atoms with E-state index in [1.54, 1.807) is 48.5 Å². The largest absolute Gasteiger partial charge is 0.497 e. The molecule has 59 heavy (non-hydrogen) atoms. The molecular weight excluding hydrogens is 824 g/mol. The van der Waals surface area contributed by atoms with Gasteiger partial charge in [0.05, 0.1) is 12.7 Å². The summed E-state index contributed by atoms with van der Waals surface area (Å²) in [6, 6.07) is 20.2. The number of halogens is 5. The van der Waals surface area contributed by atoms with Crippen molar-refractivity contribution >= 4 is 78.4 Å². The molecule has 0 fully saturated rings. The molecular formula is C41H23F5N2O9S2. The van der Waals surface area contributed by atoms with Gasteiger partial charge in [0.2, 0.25) is 0 Å². The van der Waals surface area contributed by atoms with Gasteiger partial charge in [0.15, 0.2) is 29.0 Å². The smallest absolute Gasteiger partial charge is 0.339 e. The van der Waals surface area contributed by atoms with Gasteiger partial charge >= 0.3 is 11.9 Å². The molecule has 4 N–H and O–H groups in total. The fourth-order valence-corrected chi connectivity index (χ4v) is 7.77. The fraction of sp³-hybridized carbons (Fsp3) is 0.0244. The highest BCUT2D eigenvalue weighted by Gasteiger charge is 2.27. The van der Waals surface area contributed by atoms with Gasteiger partial charge in [0.25, 0.3) is 11.8 Å². The number of aromatic carboxylic acids is 2. The highest BCUT2D eigenvalue weighted by atomic mass is 32.1. The number of para-hydroxylation sites is 2. The predicted molar refractivity (Wildman–Crippen MR) is 208 cm³/mol. The molecule has 0 spiro atoms. The number of carbonyl (C=O) groups is 4. The van der Waals surface area contributed by atoms with E-state index in [0.717, 1.165) is 34.8 Å². The van der Waals surface area contributed by atoms with Crippen LogP contribution in [0.1, 0.15) is 41.8 Å². The van der Waals surface area contributed by atoms with Crippen LogP contribution in [0.4, 0.5) is 32.0 Å². The summed E-state index contributed by atoms with van der Waals surface area (Å²) in [7, 11) is 1.26. The number of carboxylic acids is 2. The van der Waals surface area contributed by atoms with Crippen LogP contribution < -0.4 is 15.4 Å². The zero-order chi connectivity index (χ0) is 42.1. The molecule has 4 heterocycles. The maximum absolute atomic E-state index is 14.5. The minimum absolute atomic E-state index is 0.0238. The minimum Gasteiger partial charge on any atom is -0.497 e. The van der Waals surface area contributed by atoms with E-state index in [4.69, 9.17) is 13.6 Å². The molecule has 0 saturated carbocycles. The molecule has 0 saturated heterocycles. The quantitative estimate of drug-likeness (QED) is 0.0816. The van der Waals surface area contributed by atoms with Gasteiger partial charge in [0.1, 0.15) is 49.7 Å². The van der Waals surface area contributed by atoms with E-state index in [1.165, 1.54) is 30.0 Å². The third-order valence-corrected chi connectivity index (χ3v) is 10.4. The average Bonchev–Trinajstić information content (AvgIpc) is 4.01. The maximum atomic E-state index is 14.5. The second-order valence-electron chi connectivity index (χ2n) is 12.2. The van der Waals surface area contributed by atoms with E-state index in [1.807, 2.05) is 0 Å². The van der Waals surface area contributed by atoms with Crippen LogP contribution in [-0.2, 0) is 0 Å². The van der Waals surface area contributed by atoms with E-state index in [9.17, 15) is 51.3 Å². The lowest BCUT2D eigenvalue weighted by Gasteiger charge is -2.08. The number of ether oxygens (including phenoxy) is 1. The first kappa shape index (κ1) is 39.9. The standard InChI is InChI=1S/C21H13F2NO5S.C20H10F3NO4S/c1-28-11-7-13(22)17(14(23)8-11)12-9-30-20(18(12)21(26)27)24-19(25)16-6-10-4-2-3-5-15(10)29-16;21-12-5-10(6-13(22)17(12)23)11-8-29-19(16(11)20(26)27)24-18(25)15-7-9-3-1-2-4-14(9)28-15/h2-9H,1H3,(H,24,25)(H,26,27);1-8H,(H,24,25)(H,26,27). The van der Waals surface area contributed by atoms with E-state index in [-0.39, 0.29) is 49.5 Å². The molecule has 8 aromatic rings. The third kappa shape index (κ3) is 7.98. The van der Waals surface area contributed by atoms with E-state index < -0.39 is 64.0 Å². The number of thiophene rings is 2. The SMILES string of the molecule is COc1cc(F)c(-c2csc(NC(=O)c3cc4ccccc4o3)c2C(=O)O)c(F)c1.O=C(Nc1scc(-c2cc(F)c(F)c(F)c2)c1C(=O)O)c1cc2ccccc2o1. The van der Waals surface area contributed by atoms with Crippen molar-refractivity contribution in [2.24, 2.45) is 0 Å². The number of rotatable bonds is 9. The normalized spacial score (nSPS) is 10.9. The predicted octanol–water partition coefficient (Wildman–Crippen LogP) is 10.9. The Morgan fingerprint density at radius 3 is 1.49 bits per heavy atom. The Morgan fingerprint density at radius 1 is 0.610 bits per heavy atom. The number of carboxylic acid groups (broad SMARTS) is 2. The molecule has 2 amide bonds. The van der Waals surface area contributed by atoms with Gasteiger partial charge < -0.3 is 34.4 Å². The van der Waals surface area contributed by atoms with Gasteiger partial charge in [0, 0.05) is 44.8 Å². The number of amides is 2. The first-order chi connectivity index (χ1) is 28.2. The number of fused-ring (bicyclic) bond motifs is 2. The van der Waals surface area contributed by atoms with Crippen molar-refractivity contribution in [2.45, 2.75) is 0 Å². The Kier molecular flexibility index (Phi) is 11.0. The van der Waals surface area contributed by atoms with Crippen LogP contribution in [0.3, 0.4) is 0 Å². The lowest BCUT2D eigenvalue weighted by atomic mass is 10.0. The summed E-state index contributed by atoms with van der Waals surface area (Å²) < 4.78 is 85.0. The van der Waals surface area contributed by atoms with Crippen molar-refractivity contribution < 1.29 is 64.9 Å². The number of hydrogen-bond donors (Lipinski definition) is 4. The molecule has 4 aromatic heterocycles. The van der Waals surface area contributed by atoms with Crippen LogP contribution in [-0.4, -0.2) is 41.1 Å². The van der Waals surface area contributed by atoms with Gasteiger partial charge in [-0.2, -0.15) is 0 Å². The molecule has 18 heteroatoms. The Morgan fingerprint density at radius 2 is 1.05 bits per heavy atom. The van der Waals surface area contributed by atoms with Crippen molar-refractivity contribution in [3.63, 3.8) is 0 Å². The molecule has 4 aromatic carbocycles. The van der Waals surface area contributed by atoms with Crippen molar-refractivity contribution in [2.75, 3.05) is 17.7 Å². The van der Waals surface area contributed by atoms with E-state index >= 15 is 0 Å². The Labute approximate surface area is 335 Å². The number of anilines is 2. The molecule has 0 aliphatic rings. The van der Waals surface area contributed by atoms with E-state index in [2.05, 4.69) is 10.6 Å². The number of carbonyl (C=O) groups excluding carboxylic acids is 2. The molecule has 298 valence electrons. The topological polar surface area (TPSA) is 168 Å². The zero-order valence-electron chi connectivity index (χ0n) is 29.7. The van der Waals surface area contributed by atoms with Crippen LogP contribution in [0.15, 0.2) is 105 Å². The summed E-state index contributed by atoms with van der Waals surface area (Å²) in [5.41, 5.74) is -0.744. The zero-order valence-corrected chi connectivity index (χ0v) is 31.3. The van der Waals surface area contributed by atoms with Crippen molar-refractivity contribution in [3.8, 4) is 28.0 Å². The number of nitrogens with one attached hydrogen (secondary N) is 2. The van der Waals surface area contributed by atoms with Crippen molar-refractivity contribution in [1.82, 2.24) is 0 Å². The third-order valence-electron chi connectivity index (χ3n) is 8.58. The second-order valence-corrected chi connectivity index (χ2v) is 14.0. The second kappa shape index (κ2) is 16.3. The summed E-state index contributed by atoms with van der Waals surface area (Å²) in [5, 5.41) is 28.0. The Hall–Kier alpha value is -7.31. The van der Waals surface area contributed by atoms with Crippen LogP contribution in [0.25, 0.3) is 44.2 Å². The van der Waals surface area contributed by atoms with Crippen LogP contribution in [0, 0.1) is 29.1 Å². The molecule has 0 radical (unpaired) electrons. The average molecular weight is 847 g/mol. The molecule has 0 unspecified atom stereocenters. The maximum Gasteiger partial charge on any atom is 0.339 e. The molecule has 0 atom stereocenters. The van der Waals surface area contributed by atoms with Crippen molar-refractivity contribution in [1.29, 1.82) is 0 Å². The monoisotopic (exact) mass is 846 g/mol.